The SMILES string of the molecule is CCc1nn(-c2noc(C3CCN(CCC(C)C)CC3)n2)c2ccccc12. The van der Waals surface area contributed by atoms with Gasteiger partial charge in [-0.05, 0) is 62.5 Å². The number of fused-ring (bicyclic) bond motifs is 1. The van der Waals surface area contributed by atoms with E-state index in [9.17, 15) is 0 Å². The highest BCUT2D eigenvalue weighted by atomic mass is 16.5. The molecule has 0 amide bonds. The molecular formula is C21H29N5O. The van der Waals surface area contributed by atoms with Crippen molar-refractivity contribution >= 4 is 10.9 Å². The number of likely N-dealkylation sites (tertiary alicyclic amines) is 1. The molecule has 0 spiro atoms. The molecule has 1 aromatic carbocycles. The van der Waals surface area contributed by atoms with Crippen LogP contribution in [0.25, 0.3) is 16.9 Å². The fraction of sp³-hybridized carbons (Fsp3) is 0.571. The predicted octanol–water partition coefficient (Wildman–Crippen LogP) is 4.20. The highest BCUT2D eigenvalue weighted by molar-refractivity contribution is 5.83. The number of hydrogen-bond donors (Lipinski definition) is 0. The summed E-state index contributed by atoms with van der Waals surface area (Å²) in [4.78, 5) is 7.26. The number of rotatable bonds is 6. The number of benzene rings is 1. The fourth-order valence-electron chi connectivity index (χ4n) is 3.87. The van der Waals surface area contributed by atoms with Crippen LogP contribution >= 0.6 is 0 Å². The Balaban J connectivity index is 1.49. The maximum absolute atomic E-state index is 5.64. The molecule has 0 radical (unpaired) electrons. The molecule has 4 rings (SSSR count). The summed E-state index contributed by atoms with van der Waals surface area (Å²) in [6.45, 7) is 10.1. The van der Waals surface area contributed by atoms with Gasteiger partial charge in [-0.3, -0.25) is 0 Å². The third-order valence-electron chi connectivity index (χ3n) is 5.58. The summed E-state index contributed by atoms with van der Waals surface area (Å²) < 4.78 is 7.46. The van der Waals surface area contributed by atoms with Crippen LogP contribution in [0.3, 0.4) is 0 Å². The molecule has 6 nitrogen and oxygen atoms in total. The average Bonchev–Trinajstić information content (AvgIpc) is 3.31. The van der Waals surface area contributed by atoms with Gasteiger partial charge in [-0.2, -0.15) is 14.8 Å². The van der Waals surface area contributed by atoms with Crippen LogP contribution in [0.2, 0.25) is 0 Å². The second-order valence-electron chi connectivity index (χ2n) is 7.96. The van der Waals surface area contributed by atoms with E-state index in [0.29, 0.717) is 11.9 Å². The number of para-hydroxylation sites is 1. The van der Waals surface area contributed by atoms with Crippen LogP contribution in [0.5, 0.6) is 0 Å². The number of piperidine rings is 1. The number of aromatic nitrogens is 4. The molecule has 3 aromatic rings. The Hall–Kier alpha value is -2.21. The first kappa shape index (κ1) is 18.2. The summed E-state index contributed by atoms with van der Waals surface area (Å²) >= 11 is 0. The van der Waals surface area contributed by atoms with Gasteiger partial charge in [0.1, 0.15) is 0 Å². The summed E-state index contributed by atoms with van der Waals surface area (Å²) in [5.74, 6) is 2.42. The summed E-state index contributed by atoms with van der Waals surface area (Å²) in [5.41, 5.74) is 2.10. The van der Waals surface area contributed by atoms with Crippen LogP contribution in [0, 0.1) is 5.92 Å². The van der Waals surface area contributed by atoms with Gasteiger partial charge in [0.2, 0.25) is 5.89 Å². The van der Waals surface area contributed by atoms with Crippen LogP contribution in [0.4, 0.5) is 0 Å². The molecule has 2 aromatic heterocycles. The van der Waals surface area contributed by atoms with Gasteiger partial charge in [0.25, 0.3) is 5.95 Å². The quantitative estimate of drug-likeness (QED) is 0.653. The second kappa shape index (κ2) is 7.80. The molecule has 0 aliphatic carbocycles. The molecule has 3 heterocycles. The Morgan fingerprint density at radius 3 is 2.70 bits per heavy atom. The largest absolute Gasteiger partial charge is 0.337 e. The van der Waals surface area contributed by atoms with Gasteiger partial charge in [-0.25, -0.2) is 0 Å². The van der Waals surface area contributed by atoms with Gasteiger partial charge in [0, 0.05) is 11.3 Å². The molecule has 0 bridgehead atoms. The zero-order valence-corrected chi connectivity index (χ0v) is 16.6. The minimum Gasteiger partial charge on any atom is -0.337 e. The maximum atomic E-state index is 5.64. The van der Waals surface area contributed by atoms with Crippen molar-refractivity contribution in [1.82, 2.24) is 24.8 Å². The van der Waals surface area contributed by atoms with Crippen molar-refractivity contribution in [2.45, 2.75) is 52.4 Å². The summed E-state index contributed by atoms with van der Waals surface area (Å²) in [5, 5.41) is 10.1. The molecule has 144 valence electrons. The Morgan fingerprint density at radius 2 is 1.96 bits per heavy atom. The molecule has 1 fully saturated rings. The molecular weight excluding hydrogens is 338 g/mol. The van der Waals surface area contributed by atoms with Gasteiger partial charge in [0.05, 0.1) is 11.2 Å². The van der Waals surface area contributed by atoms with Crippen LogP contribution in [-0.4, -0.2) is 44.5 Å². The zero-order chi connectivity index (χ0) is 18.8. The molecule has 27 heavy (non-hydrogen) atoms. The van der Waals surface area contributed by atoms with Crippen LogP contribution in [0.1, 0.15) is 57.5 Å². The molecule has 1 saturated heterocycles. The first-order valence-corrected chi connectivity index (χ1v) is 10.2. The topological polar surface area (TPSA) is 60.0 Å². The first-order valence-electron chi connectivity index (χ1n) is 10.2. The normalized spacial score (nSPS) is 16.6. The predicted molar refractivity (Wildman–Crippen MR) is 106 cm³/mol. The first-order chi connectivity index (χ1) is 13.2. The van der Waals surface area contributed by atoms with Crippen molar-refractivity contribution in [2.75, 3.05) is 19.6 Å². The average molecular weight is 367 g/mol. The zero-order valence-electron chi connectivity index (χ0n) is 16.6. The van der Waals surface area contributed by atoms with Gasteiger partial charge >= 0.3 is 0 Å². The molecule has 0 atom stereocenters. The van der Waals surface area contributed by atoms with E-state index < -0.39 is 0 Å². The van der Waals surface area contributed by atoms with Crippen molar-refractivity contribution in [1.29, 1.82) is 0 Å². The van der Waals surface area contributed by atoms with Crippen molar-refractivity contribution in [3.63, 3.8) is 0 Å². The smallest absolute Gasteiger partial charge is 0.291 e. The lowest BCUT2D eigenvalue weighted by molar-refractivity contribution is 0.186. The van der Waals surface area contributed by atoms with E-state index >= 15 is 0 Å². The lowest BCUT2D eigenvalue weighted by atomic mass is 9.96. The highest BCUT2D eigenvalue weighted by Crippen LogP contribution is 2.28. The van der Waals surface area contributed by atoms with E-state index in [1.165, 1.54) is 13.0 Å². The Bertz CT molecular complexity index is 889. The monoisotopic (exact) mass is 367 g/mol. The van der Waals surface area contributed by atoms with Gasteiger partial charge in [0.15, 0.2) is 0 Å². The number of nitrogens with zero attached hydrogens (tertiary/aromatic N) is 5. The maximum Gasteiger partial charge on any atom is 0.291 e. The van der Waals surface area contributed by atoms with Crippen LogP contribution < -0.4 is 0 Å². The van der Waals surface area contributed by atoms with E-state index in [4.69, 9.17) is 14.6 Å². The van der Waals surface area contributed by atoms with Crippen LogP contribution in [-0.2, 0) is 6.42 Å². The number of hydrogen-bond acceptors (Lipinski definition) is 5. The summed E-state index contributed by atoms with van der Waals surface area (Å²) in [7, 11) is 0. The lowest BCUT2D eigenvalue weighted by Crippen LogP contribution is -2.34. The van der Waals surface area contributed by atoms with Crippen molar-refractivity contribution in [2.24, 2.45) is 5.92 Å². The van der Waals surface area contributed by atoms with E-state index in [1.807, 2.05) is 16.8 Å². The highest BCUT2D eigenvalue weighted by Gasteiger charge is 2.26. The minimum absolute atomic E-state index is 0.356. The van der Waals surface area contributed by atoms with E-state index in [0.717, 1.165) is 60.8 Å². The Labute approximate surface area is 160 Å². The van der Waals surface area contributed by atoms with E-state index in [1.54, 1.807) is 0 Å². The Morgan fingerprint density at radius 1 is 1.19 bits per heavy atom. The molecule has 0 unspecified atom stereocenters. The molecule has 1 aliphatic heterocycles. The van der Waals surface area contributed by atoms with Crippen molar-refractivity contribution in [3.05, 3.63) is 35.9 Å². The standard InChI is InChI=1S/C21H29N5O/c1-4-18-17-7-5-6-8-19(17)26(23-18)21-22-20(27-24-21)16-10-13-25(14-11-16)12-9-15(2)3/h5-8,15-16H,4,9-14H2,1-3H3. The van der Waals surface area contributed by atoms with Gasteiger partial charge < -0.3 is 9.42 Å². The van der Waals surface area contributed by atoms with E-state index in [2.05, 4.69) is 43.0 Å². The Kier molecular flexibility index (Phi) is 5.25. The van der Waals surface area contributed by atoms with Crippen molar-refractivity contribution in [3.8, 4) is 5.95 Å². The summed E-state index contributed by atoms with van der Waals surface area (Å²) in [6.07, 6.45) is 4.31. The molecule has 0 N–H and O–H groups in total. The third-order valence-corrected chi connectivity index (χ3v) is 5.58. The molecule has 0 saturated carbocycles. The molecule has 6 heteroatoms. The second-order valence-corrected chi connectivity index (χ2v) is 7.96. The van der Waals surface area contributed by atoms with E-state index in [-0.39, 0.29) is 0 Å². The van der Waals surface area contributed by atoms with Gasteiger partial charge in [-0.15, -0.1) is 0 Å². The number of aryl methyl sites for hydroxylation is 1. The van der Waals surface area contributed by atoms with Crippen LogP contribution in [0.15, 0.2) is 28.8 Å². The third kappa shape index (κ3) is 3.76. The fourth-order valence-corrected chi connectivity index (χ4v) is 3.87. The van der Waals surface area contributed by atoms with Crippen molar-refractivity contribution < 1.29 is 4.52 Å². The minimum atomic E-state index is 0.356. The molecule has 1 aliphatic rings. The summed E-state index contributed by atoms with van der Waals surface area (Å²) in [6, 6.07) is 8.23. The van der Waals surface area contributed by atoms with Gasteiger partial charge in [-0.1, -0.05) is 39.0 Å². The lowest BCUT2D eigenvalue weighted by Gasteiger charge is -2.30.